The van der Waals surface area contributed by atoms with Crippen LogP contribution in [0.25, 0.3) is 0 Å². The Labute approximate surface area is 177 Å². The van der Waals surface area contributed by atoms with Crippen molar-refractivity contribution in [3.05, 3.63) is 0 Å². The molecule has 0 saturated carbocycles. The van der Waals surface area contributed by atoms with Gasteiger partial charge in [-0.3, -0.25) is 0 Å². The van der Waals surface area contributed by atoms with Gasteiger partial charge in [0, 0.05) is 28.3 Å². The lowest BCUT2D eigenvalue weighted by molar-refractivity contribution is -0.273. The van der Waals surface area contributed by atoms with Gasteiger partial charge in [-0.25, -0.2) is 19.2 Å². The summed E-state index contributed by atoms with van der Waals surface area (Å²) in [7, 11) is -1.45. The van der Waals surface area contributed by atoms with Gasteiger partial charge in [0.05, 0.1) is 0 Å². The zero-order valence-electron chi connectivity index (χ0n) is 17.3. The van der Waals surface area contributed by atoms with Gasteiger partial charge in [-0.15, -0.1) is 0 Å². The van der Waals surface area contributed by atoms with Crippen LogP contribution in [-0.4, -0.2) is 112 Å². The molecule has 0 amide bonds. The van der Waals surface area contributed by atoms with Crippen molar-refractivity contribution < 1.29 is 71.8 Å². The number of hydrogen-bond donors (Lipinski definition) is 4. The van der Waals surface area contributed by atoms with E-state index < -0.39 is 76.7 Å². The highest BCUT2D eigenvalue weighted by molar-refractivity contribution is 6.63. The van der Waals surface area contributed by atoms with Gasteiger partial charge in [0.2, 0.25) is 0 Å². The summed E-state index contributed by atoms with van der Waals surface area (Å²) in [6.45, 7) is -3.88. The maximum absolute atomic E-state index is 12.0. The second-order valence-corrected chi connectivity index (χ2v) is 8.86. The van der Waals surface area contributed by atoms with Crippen molar-refractivity contribution in [2.45, 2.75) is 24.5 Å². The summed E-state index contributed by atoms with van der Waals surface area (Å²) >= 11 is 0. The van der Waals surface area contributed by atoms with Gasteiger partial charge in [-0.2, -0.15) is 0 Å². The molecule has 0 aliphatic rings. The van der Waals surface area contributed by atoms with Gasteiger partial charge in [-0.05, 0) is 0 Å². The molecule has 31 heavy (non-hydrogen) atoms. The van der Waals surface area contributed by atoms with Crippen molar-refractivity contribution in [2.24, 2.45) is 0 Å². The number of rotatable bonds is 14. The third-order valence-electron chi connectivity index (χ3n) is 3.56. The Balaban J connectivity index is 6.79. The van der Waals surface area contributed by atoms with Crippen LogP contribution in [-0.2, 0) is 51.4 Å². The molecule has 0 heterocycles. The van der Waals surface area contributed by atoms with Crippen LogP contribution >= 0.6 is 0 Å². The predicted octanol–water partition coefficient (Wildman–Crippen LogP) is -3.65. The molecule has 0 radical (unpaired) electrons. The Morgan fingerprint density at radius 3 is 1.19 bits per heavy atom. The first-order valence-corrected chi connectivity index (χ1v) is 10.1. The molecule has 0 unspecified atom stereocenters. The second-order valence-electron chi connectivity index (χ2n) is 5.76. The minimum absolute atomic E-state index is 0.933. The molecule has 0 aromatic rings. The Bertz CT molecular complexity index is 588. The molecule has 16 heteroatoms. The fourth-order valence-corrected chi connectivity index (χ4v) is 4.99. The van der Waals surface area contributed by atoms with E-state index >= 15 is 0 Å². The molecule has 0 aromatic carbocycles. The molecule has 0 fully saturated rings. The summed E-state index contributed by atoms with van der Waals surface area (Å²) in [4.78, 5) is 47.3. The predicted molar refractivity (Wildman–Crippen MR) is 95.2 cm³/mol. The van der Waals surface area contributed by atoms with Crippen LogP contribution < -0.4 is 0 Å². The van der Waals surface area contributed by atoms with Crippen LogP contribution in [0.2, 0.25) is 0 Å². The SMILES string of the molecule is CO[Si](OC)(OC)C(CC(C)(OC(=O)CO)OC(=O)CO)(OC(=O)CO)OC(=O)CO. The zero-order chi connectivity index (χ0) is 24.3. The van der Waals surface area contributed by atoms with E-state index in [1.807, 2.05) is 0 Å². The average molecular weight is 474 g/mol. The number of esters is 4. The summed E-state index contributed by atoms with van der Waals surface area (Å²) in [6.07, 6.45) is -1.09. The average Bonchev–Trinajstić information content (AvgIpc) is 2.74. The number of aliphatic hydroxyl groups excluding tert-OH is 4. The summed E-state index contributed by atoms with van der Waals surface area (Å²) in [5.41, 5.74) is -2.80. The lowest BCUT2D eigenvalue weighted by Gasteiger charge is -2.44. The highest BCUT2D eigenvalue weighted by Crippen LogP contribution is 2.38. The molecule has 0 spiro atoms. The third kappa shape index (κ3) is 7.47. The number of carbonyl (C=O) groups excluding carboxylic acids is 4. The van der Waals surface area contributed by atoms with Crippen molar-refractivity contribution in [1.82, 2.24) is 0 Å². The quantitative estimate of drug-likeness (QED) is 0.108. The van der Waals surface area contributed by atoms with Crippen LogP contribution in [0.4, 0.5) is 0 Å². The summed E-state index contributed by atoms with van der Waals surface area (Å²) in [6, 6.07) is 0. The Morgan fingerprint density at radius 2 is 0.935 bits per heavy atom. The van der Waals surface area contributed by atoms with Crippen LogP contribution in [0.5, 0.6) is 0 Å². The van der Waals surface area contributed by atoms with Gasteiger partial charge < -0.3 is 52.7 Å². The van der Waals surface area contributed by atoms with E-state index in [0.29, 0.717) is 0 Å². The molecule has 15 nitrogen and oxygen atoms in total. The van der Waals surface area contributed by atoms with Gasteiger partial charge in [0.25, 0.3) is 5.79 Å². The van der Waals surface area contributed by atoms with Crippen LogP contribution in [0, 0.1) is 0 Å². The Hall–Kier alpha value is -2.18. The molecule has 0 rings (SSSR count). The molecule has 0 aliphatic heterocycles. The van der Waals surface area contributed by atoms with Crippen LogP contribution in [0.3, 0.4) is 0 Å². The third-order valence-corrected chi connectivity index (χ3v) is 6.49. The maximum atomic E-state index is 12.0. The molecular weight excluding hydrogens is 448 g/mol. The number of aliphatic hydroxyl groups is 4. The Morgan fingerprint density at radius 1 is 0.645 bits per heavy atom. The first-order chi connectivity index (χ1) is 14.5. The molecule has 0 bridgehead atoms. The molecule has 0 aliphatic carbocycles. The van der Waals surface area contributed by atoms with Crippen molar-refractivity contribution >= 4 is 32.7 Å². The summed E-state index contributed by atoms with van der Waals surface area (Å²) in [5, 5.41) is 36.2. The van der Waals surface area contributed by atoms with Crippen molar-refractivity contribution in [1.29, 1.82) is 0 Å². The van der Waals surface area contributed by atoms with Crippen molar-refractivity contribution in [3.8, 4) is 0 Å². The van der Waals surface area contributed by atoms with Gasteiger partial charge >= 0.3 is 38.1 Å². The molecular formula is C15H26O15Si. The number of ether oxygens (including phenoxy) is 4. The summed E-state index contributed by atoms with van der Waals surface area (Å²) < 4.78 is 35.5. The standard InChI is InChI=1S/C15H26O15Si/c1-14(27-10(20)5-16,28-11(21)6-17)9-15(29-12(22)7-18,30-13(23)8-19)31(24-2,25-3)26-4/h16-19H,5-9H2,1-4H3. The van der Waals surface area contributed by atoms with Crippen molar-refractivity contribution in [3.63, 3.8) is 0 Å². The van der Waals surface area contributed by atoms with Gasteiger partial charge in [0.1, 0.15) is 32.8 Å². The number of hydrogen-bond acceptors (Lipinski definition) is 15. The fraction of sp³-hybridized carbons (Fsp3) is 0.733. The smallest absolute Gasteiger partial charge is 0.421 e. The molecule has 0 atom stereocenters. The lowest BCUT2D eigenvalue weighted by atomic mass is 10.2. The van der Waals surface area contributed by atoms with Crippen LogP contribution in [0.1, 0.15) is 13.3 Å². The van der Waals surface area contributed by atoms with E-state index in [0.717, 1.165) is 28.3 Å². The highest BCUT2D eigenvalue weighted by atomic mass is 28.4. The molecule has 180 valence electrons. The minimum Gasteiger partial charge on any atom is -0.421 e. The monoisotopic (exact) mass is 474 g/mol. The topological polar surface area (TPSA) is 214 Å². The maximum Gasteiger partial charge on any atom is 0.590 e. The van der Waals surface area contributed by atoms with E-state index in [1.165, 1.54) is 0 Å². The van der Waals surface area contributed by atoms with E-state index in [2.05, 4.69) is 0 Å². The fourth-order valence-electron chi connectivity index (χ4n) is 2.54. The van der Waals surface area contributed by atoms with E-state index in [4.69, 9.17) is 52.7 Å². The molecule has 0 aromatic heterocycles. The second kappa shape index (κ2) is 12.6. The lowest BCUT2D eigenvalue weighted by Crippen LogP contribution is -2.70. The highest BCUT2D eigenvalue weighted by Gasteiger charge is 2.70. The first-order valence-electron chi connectivity index (χ1n) is 8.42. The van der Waals surface area contributed by atoms with Crippen LogP contribution in [0.15, 0.2) is 0 Å². The number of carbonyl (C=O) groups is 4. The normalized spacial score (nSPS) is 12.1. The summed E-state index contributed by atoms with van der Waals surface area (Å²) in [5.74, 6) is -7.96. The zero-order valence-corrected chi connectivity index (χ0v) is 18.3. The van der Waals surface area contributed by atoms with Gasteiger partial charge in [-0.1, -0.05) is 0 Å². The van der Waals surface area contributed by atoms with E-state index in [1.54, 1.807) is 0 Å². The first kappa shape index (κ1) is 28.8. The largest absolute Gasteiger partial charge is 0.590 e. The van der Waals surface area contributed by atoms with Crippen molar-refractivity contribution in [2.75, 3.05) is 47.8 Å². The van der Waals surface area contributed by atoms with E-state index in [9.17, 15) is 19.2 Å². The minimum atomic E-state index is -4.50. The molecule has 0 saturated heterocycles. The van der Waals surface area contributed by atoms with E-state index in [-0.39, 0.29) is 0 Å². The molecule has 4 N–H and O–H groups in total. The van der Waals surface area contributed by atoms with Gasteiger partial charge in [0.15, 0.2) is 0 Å². The Kier molecular flexibility index (Phi) is 11.7.